The van der Waals surface area contributed by atoms with Crippen LogP contribution in [0.15, 0.2) is 11.1 Å². The van der Waals surface area contributed by atoms with Crippen molar-refractivity contribution >= 4 is 23.1 Å². The lowest BCUT2D eigenvalue weighted by molar-refractivity contribution is 1.00. The Hall–Kier alpha value is -2.38. The maximum absolute atomic E-state index is 11.6. The molecule has 0 aliphatic heterocycles. The Morgan fingerprint density at radius 2 is 2.36 bits per heavy atom. The topological polar surface area (TPSA) is 139 Å². The average Bonchev–Trinajstić information content (AvgIpc) is 2.50. The molecule has 0 unspecified atom stereocenters. The minimum atomic E-state index is -0.530. The summed E-state index contributed by atoms with van der Waals surface area (Å²) in [5, 5.41) is 7.13. The van der Waals surface area contributed by atoms with Gasteiger partial charge < -0.3 is 16.5 Å². The molecule has 0 aromatic carbocycles. The van der Waals surface area contributed by atoms with E-state index in [1.54, 1.807) is 0 Å². The Bertz CT molecular complexity index is 565. The first kappa shape index (κ1) is 8.23. The molecule has 2 aromatic rings. The van der Waals surface area contributed by atoms with E-state index >= 15 is 0 Å². The van der Waals surface area contributed by atoms with Gasteiger partial charge in [0.15, 0.2) is 11.2 Å². The predicted octanol–water partition coefficient (Wildman–Crippen LogP) is -1.56. The van der Waals surface area contributed by atoms with E-state index in [1.165, 1.54) is 6.33 Å². The third-order valence-corrected chi connectivity index (χ3v) is 1.73. The van der Waals surface area contributed by atoms with Gasteiger partial charge in [0.2, 0.25) is 11.9 Å². The number of aromatic nitrogens is 4. The molecule has 0 fully saturated rings. The highest BCUT2D eigenvalue weighted by molar-refractivity contribution is 5.83. The summed E-state index contributed by atoms with van der Waals surface area (Å²) in [5.74, 6) is -0.626. The van der Waals surface area contributed by atoms with E-state index in [-0.39, 0.29) is 17.1 Å². The highest BCUT2D eigenvalue weighted by atomic mass is 16.1. The Balaban J connectivity index is 2.97. The van der Waals surface area contributed by atoms with Crippen molar-refractivity contribution in [2.75, 3.05) is 5.73 Å². The second-order valence-electron chi connectivity index (χ2n) is 2.60. The predicted molar refractivity (Wildman–Crippen MR) is 49.9 cm³/mol. The molecule has 2 heterocycles. The summed E-state index contributed by atoms with van der Waals surface area (Å²) < 4.78 is 0.792. The van der Waals surface area contributed by atoms with E-state index in [4.69, 9.17) is 16.9 Å². The monoisotopic (exact) mass is 193 g/mol. The smallest absolute Gasteiger partial charge is 0.287 e. The minimum absolute atomic E-state index is 0.151. The molecule has 8 heteroatoms. The van der Waals surface area contributed by atoms with Gasteiger partial charge in [-0.1, -0.05) is 0 Å². The van der Waals surface area contributed by atoms with Crippen molar-refractivity contribution in [3.8, 4) is 0 Å². The molecule has 0 atom stereocenters. The average molecular weight is 193 g/mol. The van der Waals surface area contributed by atoms with Crippen LogP contribution in [0.4, 0.5) is 5.95 Å². The summed E-state index contributed by atoms with van der Waals surface area (Å²) >= 11 is 0. The number of H-pyrrole nitrogens is 1. The summed E-state index contributed by atoms with van der Waals surface area (Å²) in [7, 11) is 0. The number of anilines is 1. The molecule has 6 N–H and O–H groups in total. The summed E-state index contributed by atoms with van der Waals surface area (Å²) in [4.78, 5) is 21.8. The molecular weight excluding hydrogens is 186 g/mol. The van der Waals surface area contributed by atoms with Gasteiger partial charge in [-0.2, -0.15) is 4.98 Å². The van der Waals surface area contributed by atoms with Gasteiger partial charge in [0.1, 0.15) is 0 Å². The van der Waals surface area contributed by atoms with Crippen molar-refractivity contribution in [2.24, 2.45) is 5.73 Å². The van der Waals surface area contributed by atoms with E-state index < -0.39 is 11.5 Å². The third-order valence-electron chi connectivity index (χ3n) is 1.73. The number of rotatable bonds is 0. The van der Waals surface area contributed by atoms with Gasteiger partial charge in [-0.3, -0.25) is 10.2 Å². The van der Waals surface area contributed by atoms with Crippen molar-refractivity contribution in [2.45, 2.75) is 0 Å². The number of aromatic amines is 1. The molecule has 0 amide bonds. The molecule has 8 nitrogen and oxygen atoms in total. The van der Waals surface area contributed by atoms with Crippen molar-refractivity contribution < 1.29 is 0 Å². The van der Waals surface area contributed by atoms with E-state index in [1.807, 2.05) is 0 Å². The van der Waals surface area contributed by atoms with Crippen LogP contribution in [0.2, 0.25) is 0 Å². The van der Waals surface area contributed by atoms with Crippen molar-refractivity contribution in [1.29, 1.82) is 5.41 Å². The van der Waals surface area contributed by atoms with Crippen molar-refractivity contribution in [3.63, 3.8) is 0 Å². The van der Waals surface area contributed by atoms with Crippen LogP contribution < -0.4 is 17.0 Å². The molecule has 0 radical (unpaired) electrons. The summed E-state index contributed by atoms with van der Waals surface area (Å²) in [6.45, 7) is 0. The zero-order valence-electron chi connectivity index (χ0n) is 6.98. The van der Waals surface area contributed by atoms with E-state index in [9.17, 15) is 4.79 Å². The van der Waals surface area contributed by atoms with Crippen LogP contribution in [0.5, 0.6) is 0 Å². The Labute approximate surface area is 77.1 Å². The third kappa shape index (κ3) is 0.937. The zero-order chi connectivity index (χ0) is 10.3. The highest BCUT2D eigenvalue weighted by Crippen LogP contribution is 2.02. The van der Waals surface area contributed by atoms with Gasteiger partial charge in [0.05, 0.1) is 6.33 Å². The first-order chi connectivity index (χ1) is 6.61. The second-order valence-corrected chi connectivity index (χ2v) is 2.60. The SMILES string of the molecule is N=C(N)n1c(N)nc2nc[nH]c2c1=O. The van der Waals surface area contributed by atoms with Crippen LogP contribution in [0.1, 0.15) is 0 Å². The number of nitrogens with one attached hydrogen (secondary N) is 2. The number of nitrogens with zero attached hydrogens (tertiary/aromatic N) is 3. The minimum Gasteiger partial charge on any atom is -0.369 e. The molecule has 0 bridgehead atoms. The lowest BCUT2D eigenvalue weighted by atomic mass is 10.5. The van der Waals surface area contributed by atoms with E-state index in [0.717, 1.165) is 4.57 Å². The Morgan fingerprint density at radius 1 is 1.64 bits per heavy atom. The van der Waals surface area contributed by atoms with Crippen molar-refractivity contribution in [1.82, 2.24) is 19.5 Å². The molecule has 0 aliphatic rings. The fourth-order valence-corrected chi connectivity index (χ4v) is 1.14. The summed E-state index contributed by atoms with van der Waals surface area (Å²) in [6.07, 6.45) is 1.32. The van der Waals surface area contributed by atoms with Crippen LogP contribution >= 0.6 is 0 Å². The highest BCUT2D eigenvalue weighted by Gasteiger charge is 2.11. The van der Waals surface area contributed by atoms with Crippen molar-refractivity contribution in [3.05, 3.63) is 16.7 Å². The first-order valence-corrected chi connectivity index (χ1v) is 3.67. The van der Waals surface area contributed by atoms with Gasteiger partial charge in [0.25, 0.3) is 5.56 Å². The van der Waals surface area contributed by atoms with Crippen LogP contribution in [0, 0.1) is 5.41 Å². The van der Waals surface area contributed by atoms with Gasteiger partial charge in [-0.15, -0.1) is 0 Å². The fraction of sp³-hybridized carbons (Fsp3) is 0. The lowest BCUT2D eigenvalue weighted by Gasteiger charge is -2.04. The molecule has 14 heavy (non-hydrogen) atoms. The Morgan fingerprint density at radius 3 is 3.00 bits per heavy atom. The standard InChI is InChI=1S/C6H7N7O/c7-5(8)13-4(14)2-3(11-1-10-2)12-6(13)9/h1H,(H3,7,8)(H2,9,12)(H,10,11). The summed E-state index contributed by atoms with van der Waals surface area (Å²) in [6, 6.07) is 0. The molecule has 0 aliphatic carbocycles. The van der Waals surface area contributed by atoms with Crippen LogP contribution in [-0.2, 0) is 0 Å². The first-order valence-electron chi connectivity index (χ1n) is 3.67. The molecule has 0 saturated heterocycles. The van der Waals surface area contributed by atoms with Crippen LogP contribution in [0.25, 0.3) is 11.2 Å². The maximum Gasteiger partial charge on any atom is 0.287 e. The molecule has 0 spiro atoms. The lowest BCUT2D eigenvalue weighted by Crippen LogP contribution is -2.35. The van der Waals surface area contributed by atoms with Gasteiger partial charge in [0, 0.05) is 0 Å². The van der Waals surface area contributed by atoms with E-state index in [0.29, 0.717) is 0 Å². The molecule has 0 saturated carbocycles. The van der Waals surface area contributed by atoms with Gasteiger partial charge in [-0.25, -0.2) is 9.55 Å². The van der Waals surface area contributed by atoms with Crippen LogP contribution in [-0.4, -0.2) is 25.5 Å². The summed E-state index contributed by atoms with van der Waals surface area (Å²) in [5.41, 5.74) is 10.5. The molecular formula is C6H7N7O. The zero-order valence-corrected chi connectivity index (χ0v) is 6.98. The van der Waals surface area contributed by atoms with Gasteiger partial charge in [-0.05, 0) is 0 Å². The fourth-order valence-electron chi connectivity index (χ4n) is 1.14. The second kappa shape index (κ2) is 2.55. The molecule has 2 aromatic heterocycles. The van der Waals surface area contributed by atoms with Gasteiger partial charge >= 0.3 is 0 Å². The van der Waals surface area contributed by atoms with E-state index in [2.05, 4.69) is 15.0 Å². The number of nitrogen functional groups attached to an aromatic ring is 2. The number of nitrogens with two attached hydrogens (primary N) is 2. The normalized spacial score (nSPS) is 10.6. The molecule has 72 valence electrons. The van der Waals surface area contributed by atoms with Crippen LogP contribution in [0.3, 0.4) is 0 Å². The quantitative estimate of drug-likeness (QED) is 0.296. The largest absolute Gasteiger partial charge is 0.369 e. The molecule has 2 rings (SSSR count). The number of fused-ring (bicyclic) bond motifs is 1. The number of imidazole rings is 1. The number of hydrogen-bond donors (Lipinski definition) is 4. The number of hydrogen-bond acceptors (Lipinski definition) is 5. The maximum atomic E-state index is 11.6. The Kier molecular flexibility index (Phi) is 1.50.